The molecule has 11 heteroatoms. The summed E-state index contributed by atoms with van der Waals surface area (Å²) in [5.74, 6) is 0.107. The van der Waals surface area contributed by atoms with Gasteiger partial charge in [-0.25, -0.2) is 14.2 Å². The van der Waals surface area contributed by atoms with Crippen LogP contribution in [0.1, 0.15) is 47.2 Å². The van der Waals surface area contributed by atoms with Crippen LogP contribution in [0.3, 0.4) is 0 Å². The number of morpholine rings is 1. The van der Waals surface area contributed by atoms with Crippen molar-refractivity contribution < 1.29 is 13.9 Å². The number of aryl methyl sites for hydroxylation is 1. The zero-order chi connectivity index (χ0) is 25.5. The fourth-order valence-corrected chi connectivity index (χ4v) is 5.86. The average Bonchev–Trinajstić information content (AvgIpc) is 3.47. The molecule has 3 aromatic rings. The van der Waals surface area contributed by atoms with E-state index in [2.05, 4.69) is 25.3 Å². The topological polar surface area (TPSA) is 93.6 Å². The maximum atomic E-state index is 14.0. The van der Waals surface area contributed by atoms with E-state index in [1.54, 1.807) is 13.0 Å². The van der Waals surface area contributed by atoms with Crippen molar-refractivity contribution in [2.75, 3.05) is 32.8 Å². The molecule has 190 valence electrons. The van der Waals surface area contributed by atoms with Crippen LogP contribution in [0.25, 0.3) is 10.7 Å². The fourth-order valence-electron chi connectivity index (χ4n) is 5.86. The van der Waals surface area contributed by atoms with Crippen LogP contribution >= 0.6 is 0 Å². The predicted octanol–water partition coefficient (Wildman–Crippen LogP) is 2.76. The Labute approximate surface area is 213 Å². The smallest absolute Gasteiger partial charge is 0.230 e. The highest BCUT2D eigenvalue weighted by molar-refractivity contribution is 5.84. The van der Waals surface area contributed by atoms with E-state index in [-0.39, 0.29) is 29.7 Å². The number of tetrazole rings is 1. The molecule has 1 amide bonds. The predicted molar refractivity (Wildman–Crippen MR) is 131 cm³/mol. The minimum atomic E-state index is -0.497. The van der Waals surface area contributed by atoms with Gasteiger partial charge >= 0.3 is 0 Å². The number of carbonyl (C=O) groups is 1. The van der Waals surface area contributed by atoms with Gasteiger partial charge in [0, 0.05) is 31.9 Å². The molecule has 0 bridgehead atoms. The summed E-state index contributed by atoms with van der Waals surface area (Å²) >= 11 is 0. The second-order valence-corrected chi connectivity index (χ2v) is 9.88. The van der Waals surface area contributed by atoms with E-state index in [1.165, 1.54) is 17.1 Å². The van der Waals surface area contributed by atoms with Crippen LogP contribution in [0.15, 0.2) is 30.6 Å². The number of nitrogens with zero attached hydrogens (tertiary/aromatic N) is 8. The molecule has 2 aromatic heterocycles. The third-order valence-electron chi connectivity index (χ3n) is 7.85. The highest BCUT2D eigenvalue weighted by atomic mass is 19.1. The Hall–Kier alpha value is -3.75. The van der Waals surface area contributed by atoms with Crippen molar-refractivity contribution in [2.24, 2.45) is 0 Å². The number of amides is 1. The number of rotatable bonds is 3. The molecule has 4 heterocycles. The van der Waals surface area contributed by atoms with E-state index in [4.69, 9.17) is 16.3 Å². The molecule has 10 nitrogen and oxygen atoms in total. The lowest BCUT2D eigenvalue weighted by Crippen LogP contribution is -2.60. The zero-order valence-electron chi connectivity index (χ0n) is 20.5. The average molecular weight is 503 g/mol. The van der Waals surface area contributed by atoms with E-state index in [0.717, 1.165) is 42.6 Å². The molecule has 2 saturated heterocycles. The van der Waals surface area contributed by atoms with E-state index in [1.807, 2.05) is 17.0 Å². The summed E-state index contributed by atoms with van der Waals surface area (Å²) in [5.41, 5.74) is 3.49. The molecule has 0 N–H and O–H groups in total. The molecular formula is C26H27FN8O2. The highest BCUT2D eigenvalue weighted by Crippen LogP contribution is 2.36. The van der Waals surface area contributed by atoms with E-state index >= 15 is 0 Å². The molecule has 2 fully saturated rings. The molecule has 1 aromatic carbocycles. The van der Waals surface area contributed by atoms with Gasteiger partial charge in [-0.1, -0.05) is 12.1 Å². The molecular weight excluding hydrogens is 475 g/mol. The van der Waals surface area contributed by atoms with Gasteiger partial charge in [-0.2, -0.15) is 4.68 Å². The molecule has 2 aliphatic heterocycles. The number of fused-ring (bicyclic) bond motifs is 2. The summed E-state index contributed by atoms with van der Waals surface area (Å²) in [6, 6.07) is 7.05. The first kappa shape index (κ1) is 23.6. The Kier molecular flexibility index (Phi) is 6.14. The van der Waals surface area contributed by atoms with Crippen molar-refractivity contribution in [1.29, 1.82) is 0 Å². The monoisotopic (exact) mass is 502 g/mol. The van der Waals surface area contributed by atoms with Gasteiger partial charge in [-0.05, 0) is 65.4 Å². The lowest BCUT2D eigenvalue weighted by molar-refractivity contribution is -0.142. The Balaban J connectivity index is 1.14. The quantitative estimate of drug-likeness (QED) is 0.509. The van der Waals surface area contributed by atoms with Crippen molar-refractivity contribution in [1.82, 2.24) is 35.0 Å². The second kappa shape index (κ2) is 9.61. The van der Waals surface area contributed by atoms with Gasteiger partial charge in [0.25, 0.3) is 0 Å². The van der Waals surface area contributed by atoms with Crippen LogP contribution in [0, 0.1) is 19.3 Å². The molecule has 3 atom stereocenters. The highest BCUT2D eigenvalue weighted by Gasteiger charge is 2.39. The summed E-state index contributed by atoms with van der Waals surface area (Å²) in [4.78, 5) is 26.1. The number of pyridine rings is 1. The van der Waals surface area contributed by atoms with Gasteiger partial charge in [0.2, 0.25) is 11.6 Å². The SMILES string of the molecule is [C-]#[N+]c1c(F)ccc([C@H]2CN3CCN(C(=O)C4CCCc5nc(-n6cnnn6)ccc54)C[C@H]3CO2)c1C. The van der Waals surface area contributed by atoms with Crippen LogP contribution in [0.4, 0.5) is 10.1 Å². The van der Waals surface area contributed by atoms with Gasteiger partial charge < -0.3 is 9.64 Å². The van der Waals surface area contributed by atoms with Crippen molar-refractivity contribution in [3.05, 3.63) is 70.2 Å². The van der Waals surface area contributed by atoms with E-state index in [0.29, 0.717) is 37.6 Å². The number of benzene rings is 1. The van der Waals surface area contributed by atoms with Crippen LogP contribution in [0.5, 0.6) is 0 Å². The molecule has 1 unspecified atom stereocenters. The van der Waals surface area contributed by atoms with Crippen LogP contribution in [-0.2, 0) is 16.0 Å². The summed E-state index contributed by atoms with van der Waals surface area (Å²) < 4.78 is 21.7. The third-order valence-corrected chi connectivity index (χ3v) is 7.85. The number of hydrogen-bond acceptors (Lipinski definition) is 7. The standard InChI is InChI=1S/C26H27FN8O2/c1-16-18(6-8-21(27)25(16)28-2)23-13-33-10-11-34(12-17(33)14-37-23)26(36)20-4-3-5-22-19(20)7-9-24(30-22)35-15-29-31-32-35/h6-9,15,17,20,23H,3-5,10-14H2,1H3/t17-,20?,23+/m0/s1. The van der Waals surface area contributed by atoms with Crippen LogP contribution in [-0.4, -0.2) is 79.7 Å². The maximum absolute atomic E-state index is 14.0. The second-order valence-electron chi connectivity index (χ2n) is 9.88. The van der Waals surface area contributed by atoms with Gasteiger partial charge in [-0.15, -0.1) is 5.10 Å². The van der Waals surface area contributed by atoms with E-state index < -0.39 is 5.82 Å². The maximum Gasteiger partial charge on any atom is 0.230 e. The summed E-state index contributed by atoms with van der Waals surface area (Å²) in [6.07, 6.45) is 3.85. The first-order valence-corrected chi connectivity index (χ1v) is 12.6. The Bertz CT molecular complexity index is 1370. The largest absolute Gasteiger partial charge is 0.371 e. The van der Waals surface area contributed by atoms with Crippen molar-refractivity contribution in [3.8, 4) is 5.82 Å². The van der Waals surface area contributed by atoms with Gasteiger partial charge in [0.1, 0.15) is 12.1 Å². The first-order valence-electron chi connectivity index (χ1n) is 12.6. The minimum Gasteiger partial charge on any atom is -0.371 e. The van der Waals surface area contributed by atoms with Gasteiger partial charge in [-0.3, -0.25) is 9.69 Å². The zero-order valence-corrected chi connectivity index (χ0v) is 20.5. The number of ether oxygens (including phenoxy) is 1. The lowest BCUT2D eigenvalue weighted by atomic mass is 9.84. The Morgan fingerprint density at radius 2 is 2.05 bits per heavy atom. The van der Waals surface area contributed by atoms with Crippen LogP contribution in [0.2, 0.25) is 0 Å². The first-order chi connectivity index (χ1) is 18.0. The molecule has 1 aliphatic carbocycles. The number of halogens is 1. The molecule has 0 spiro atoms. The number of aromatic nitrogens is 5. The minimum absolute atomic E-state index is 0.0611. The van der Waals surface area contributed by atoms with Crippen molar-refractivity contribution in [3.63, 3.8) is 0 Å². The number of carbonyl (C=O) groups excluding carboxylic acids is 1. The fraction of sp³-hybridized carbons (Fsp3) is 0.462. The number of hydrogen-bond donors (Lipinski definition) is 0. The molecule has 0 radical (unpaired) electrons. The van der Waals surface area contributed by atoms with Gasteiger partial charge in [0.05, 0.1) is 31.2 Å². The summed E-state index contributed by atoms with van der Waals surface area (Å²) in [6.45, 7) is 12.2. The van der Waals surface area contributed by atoms with Crippen molar-refractivity contribution >= 4 is 11.6 Å². The molecule has 3 aliphatic rings. The third kappa shape index (κ3) is 4.26. The molecule has 6 rings (SSSR count). The van der Waals surface area contributed by atoms with Gasteiger partial charge in [0.15, 0.2) is 5.82 Å². The Morgan fingerprint density at radius 1 is 1.19 bits per heavy atom. The number of piperazine rings is 1. The molecule has 37 heavy (non-hydrogen) atoms. The normalized spacial score (nSPS) is 23.7. The lowest BCUT2D eigenvalue weighted by Gasteiger charge is -2.47. The summed E-state index contributed by atoms with van der Waals surface area (Å²) in [7, 11) is 0. The van der Waals surface area contributed by atoms with Crippen LogP contribution < -0.4 is 0 Å². The Morgan fingerprint density at radius 3 is 2.86 bits per heavy atom. The molecule has 0 saturated carbocycles. The summed E-state index contributed by atoms with van der Waals surface area (Å²) in [5, 5.41) is 11.3. The van der Waals surface area contributed by atoms with Crippen molar-refractivity contribution in [2.45, 2.75) is 44.2 Å². The van der Waals surface area contributed by atoms with E-state index in [9.17, 15) is 9.18 Å².